The van der Waals surface area contributed by atoms with Crippen LogP contribution in [-0.4, -0.2) is 27.5 Å². The second-order valence-electron chi connectivity index (χ2n) is 8.26. The van der Waals surface area contributed by atoms with E-state index in [2.05, 4.69) is 5.32 Å². The molecule has 7 heteroatoms. The van der Waals surface area contributed by atoms with Crippen molar-refractivity contribution in [3.05, 3.63) is 69.2 Å². The van der Waals surface area contributed by atoms with Gasteiger partial charge in [0.25, 0.3) is 0 Å². The summed E-state index contributed by atoms with van der Waals surface area (Å²) in [6.45, 7) is 3.97. The topological polar surface area (TPSA) is 69.6 Å². The lowest BCUT2D eigenvalue weighted by atomic mass is 9.96. The fourth-order valence-corrected chi connectivity index (χ4v) is 4.76. The van der Waals surface area contributed by atoms with E-state index in [9.17, 15) is 14.7 Å². The summed E-state index contributed by atoms with van der Waals surface area (Å²) in [4.78, 5) is 26.7. The Balaban J connectivity index is 1.71. The summed E-state index contributed by atoms with van der Waals surface area (Å²) >= 11 is 12.3. The molecule has 0 spiro atoms. The number of carbonyl (C=O) groups is 2. The minimum absolute atomic E-state index is 0.0347. The summed E-state index contributed by atoms with van der Waals surface area (Å²) in [5.74, 6) is -0.637. The van der Waals surface area contributed by atoms with E-state index in [1.54, 1.807) is 30.3 Å². The Kier molecular flexibility index (Phi) is 5.09. The Morgan fingerprint density at radius 3 is 2.24 bits per heavy atom. The van der Waals surface area contributed by atoms with Gasteiger partial charge >= 0.3 is 5.97 Å². The number of nitrogens with zero attached hydrogens (tertiary/aromatic N) is 1. The summed E-state index contributed by atoms with van der Waals surface area (Å²) in [6, 6.07) is 11.3. The highest BCUT2D eigenvalue weighted by Crippen LogP contribution is 2.49. The number of amides is 1. The van der Waals surface area contributed by atoms with Gasteiger partial charge in [0.15, 0.2) is 0 Å². The number of carboxylic acids is 1. The van der Waals surface area contributed by atoms with Crippen LogP contribution in [0.25, 0.3) is 0 Å². The summed E-state index contributed by atoms with van der Waals surface area (Å²) in [7, 11) is 0. The number of nitrogens with one attached hydrogen (secondary N) is 1. The first kappa shape index (κ1) is 20.2. The van der Waals surface area contributed by atoms with E-state index in [0.717, 1.165) is 24.0 Å². The zero-order chi connectivity index (χ0) is 20.9. The SMILES string of the molecule is CC1(C)NC(c2cc(Cl)cc(Cl)c2)C(=O)N1C(c1ccc(C(=O)O)cc1)C1CC1. The van der Waals surface area contributed by atoms with Crippen LogP contribution in [0, 0.1) is 5.92 Å². The molecule has 1 saturated heterocycles. The van der Waals surface area contributed by atoms with Crippen LogP contribution in [0.15, 0.2) is 42.5 Å². The molecule has 5 nitrogen and oxygen atoms in total. The number of benzene rings is 2. The molecule has 2 fully saturated rings. The molecule has 2 aliphatic rings. The van der Waals surface area contributed by atoms with Crippen LogP contribution in [0.4, 0.5) is 0 Å². The summed E-state index contributed by atoms with van der Waals surface area (Å²) in [6.07, 6.45) is 2.08. The van der Waals surface area contributed by atoms with Crippen LogP contribution in [0.2, 0.25) is 10.0 Å². The maximum Gasteiger partial charge on any atom is 0.335 e. The highest BCUT2D eigenvalue weighted by molar-refractivity contribution is 6.34. The number of carbonyl (C=O) groups excluding carboxylic acids is 1. The zero-order valence-electron chi connectivity index (χ0n) is 16.2. The van der Waals surface area contributed by atoms with Crippen LogP contribution in [-0.2, 0) is 4.79 Å². The number of hydrogen-bond donors (Lipinski definition) is 2. The van der Waals surface area contributed by atoms with Crippen molar-refractivity contribution in [2.45, 2.75) is 44.4 Å². The van der Waals surface area contributed by atoms with Gasteiger partial charge in [-0.15, -0.1) is 0 Å². The highest BCUT2D eigenvalue weighted by Gasteiger charge is 2.51. The van der Waals surface area contributed by atoms with E-state index in [1.165, 1.54) is 0 Å². The lowest BCUT2D eigenvalue weighted by Crippen LogP contribution is -2.49. The van der Waals surface area contributed by atoms with Gasteiger partial charge in [-0.05, 0) is 74.1 Å². The van der Waals surface area contributed by atoms with Crippen molar-refractivity contribution in [1.29, 1.82) is 0 Å². The summed E-state index contributed by atoms with van der Waals surface area (Å²) < 4.78 is 0. The molecule has 2 N–H and O–H groups in total. The van der Waals surface area contributed by atoms with Gasteiger partial charge < -0.3 is 10.0 Å². The van der Waals surface area contributed by atoms with Crippen molar-refractivity contribution in [3.63, 3.8) is 0 Å². The molecular formula is C22H22Cl2N2O3. The normalized spacial score (nSPS) is 22.0. The summed E-state index contributed by atoms with van der Waals surface area (Å²) in [5.41, 5.74) is 1.33. The van der Waals surface area contributed by atoms with Gasteiger partial charge in [-0.1, -0.05) is 35.3 Å². The van der Waals surface area contributed by atoms with Crippen molar-refractivity contribution >= 4 is 35.1 Å². The highest BCUT2D eigenvalue weighted by atomic mass is 35.5. The largest absolute Gasteiger partial charge is 0.478 e. The lowest BCUT2D eigenvalue weighted by Gasteiger charge is -2.38. The van der Waals surface area contributed by atoms with E-state index in [0.29, 0.717) is 16.0 Å². The van der Waals surface area contributed by atoms with Crippen LogP contribution >= 0.6 is 23.2 Å². The first-order valence-corrected chi connectivity index (χ1v) is 10.3. The molecule has 1 heterocycles. The van der Waals surface area contributed by atoms with Gasteiger partial charge in [0.2, 0.25) is 5.91 Å². The van der Waals surface area contributed by atoms with E-state index >= 15 is 0 Å². The molecule has 0 radical (unpaired) electrons. The molecule has 2 aromatic carbocycles. The standard InChI is InChI=1S/C22H22Cl2N2O3/c1-22(2)25-18(15-9-16(23)11-17(24)10-15)20(27)26(22)19(12-3-4-12)13-5-7-14(8-6-13)21(28)29/h5-12,18-19,25H,3-4H2,1-2H3,(H,28,29). The molecule has 1 saturated carbocycles. The Morgan fingerprint density at radius 1 is 1.14 bits per heavy atom. The van der Waals surface area contributed by atoms with Crippen molar-refractivity contribution in [1.82, 2.24) is 10.2 Å². The Hall–Kier alpha value is -2.08. The molecule has 4 rings (SSSR count). The zero-order valence-corrected chi connectivity index (χ0v) is 17.7. The molecule has 29 heavy (non-hydrogen) atoms. The van der Waals surface area contributed by atoms with E-state index in [-0.39, 0.29) is 17.5 Å². The number of halogens is 2. The first-order chi connectivity index (χ1) is 13.7. The average molecular weight is 433 g/mol. The third-order valence-electron chi connectivity index (χ3n) is 5.65. The minimum Gasteiger partial charge on any atom is -0.478 e. The van der Waals surface area contributed by atoms with Crippen LogP contribution in [0.1, 0.15) is 60.3 Å². The van der Waals surface area contributed by atoms with Crippen molar-refractivity contribution in [2.75, 3.05) is 0 Å². The summed E-state index contributed by atoms with van der Waals surface area (Å²) in [5, 5.41) is 13.6. The smallest absolute Gasteiger partial charge is 0.335 e. The Morgan fingerprint density at radius 2 is 1.72 bits per heavy atom. The molecule has 1 aliphatic carbocycles. The number of hydrogen-bond acceptors (Lipinski definition) is 3. The van der Waals surface area contributed by atoms with Crippen LogP contribution in [0.5, 0.6) is 0 Å². The van der Waals surface area contributed by atoms with E-state index in [1.807, 2.05) is 30.9 Å². The van der Waals surface area contributed by atoms with E-state index in [4.69, 9.17) is 23.2 Å². The van der Waals surface area contributed by atoms with Gasteiger partial charge in [0.05, 0.1) is 17.3 Å². The van der Waals surface area contributed by atoms with Gasteiger partial charge in [0.1, 0.15) is 6.04 Å². The minimum atomic E-state index is -0.961. The molecule has 1 amide bonds. The molecular weight excluding hydrogens is 411 g/mol. The molecule has 152 valence electrons. The first-order valence-electron chi connectivity index (χ1n) is 9.57. The van der Waals surface area contributed by atoms with E-state index < -0.39 is 17.7 Å². The predicted molar refractivity (Wildman–Crippen MR) is 112 cm³/mol. The van der Waals surface area contributed by atoms with Gasteiger partial charge in [0, 0.05) is 10.0 Å². The Bertz CT molecular complexity index is 950. The van der Waals surface area contributed by atoms with Gasteiger partial charge in [-0.3, -0.25) is 10.1 Å². The predicted octanol–water partition coefficient (Wildman–Crippen LogP) is 5.05. The maximum atomic E-state index is 13.5. The third-order valence-corrected chi connectivity index (χ3v) is 6.08. The monoisotopic (exact) mass is 432 g/mol. The van der Waals surface area contributed by atoms with Gasteiger partial charge in [-0.2, -0.15) is 0 Å². The number of aromatic carboxylic acids is 1. The third kappa shape index (κ3) is 3.87. The van der Waals surface area contributed by atoms with Crippen molar-refractivity contribution in [2.24, 2.45) is 5.92 Å². The lowest BCUT2D eigenvalue weighted by molar-refractivity contribution is -0.135. The number of carboxylic acid groups (broad SMARTS) is 1. The maximum absolute atomic E-state index is 13.5. The molecule has 2 aromatic rings. The molecule has 1 aliphatic heterocycles. The fourth-order valence-electron chi connectivity index (χ4n) is 4.22. The van der Waals surface area contributed by atoms with Crippen LogP contribution in [0.3, 0.4) is 0 Å². The quantitative estimate of drug-likeness (QED) is 0.692. The molecule has 0 aromatic heterocycles. The average Bonchev–Trinajstić information content (AvgIpc) is 3.44. The van der Waals surface area contributed by atoms with Crippen molar-refractivity contribution < 1.29 is 14.7 Å². The fraction of sp³-hybridized carbons (Fsp3) is 0.364. The molecule has 0 bridgehead atoms. The number of rotatable bonds is 5. The second kappa shape index (κ2) is 7.31. The second-order valence-corrected chi connectivity index (χ2v) is 9.13. The molecule has 2 atom stereocenters. The Labute approximate surface area is 179 Å². The van der Waals surface area contributed by atoms with Crippen molar-refractivity contribution in [3.8, 4) is 0 Å². The molecule has 2 unspecified atom stereocenters. The van der Waals surface area contributed by atoms with Gasteiger partial charge in [-0.25, -0.2) is 4.79 Å². The van der Waals surface area contributed by atoms with Crippen LogP contribution < -0.4 is 5.32 Å².